The Labute approximate surface area is 139 Å². The van der Waals surface area contributed by atoms with Gasteiger partial charge in [-0.05, 0) is 50.4 Å². The summed E-state index contributed by atoms with van der Waals surface area (Å²) in [6.07, 6.45) is 11.9. The minimum absolute atomic E-state index is 0.220. The van der Waals surface area contributed by atoms with E-state index in [2.05, 4.69) is 25.1 Å². The highest BCUT2D eigenvalue weighted by Crippen LogP contribution is 2.61. The summed E-state index contributed by atoms with van der Waals surface area (Å²) in [6.45, 7) is 3.26. The fourth-order valence-electron chi connectivity index (χ4n) is 7.37. The molecule has 0 N–H and O–H groups in total. The third-order valence-electron chi connectivity index (χ3n) is 7.71. The first-order valence-electron chi connectivity index (χ1n) is 9.59. The fourth-order valence-corrected chi connectivity index (χ4v) is 7.37. The van der Waals surface area contributed by atoms with Crippen LogP contribution >= 0.6 is 0 Å². The summed E-state index contributed by atoms with van der Waals surface area (Å²) < 4.78 is 0.665. The van der Waals surface area contributed by atoms with Crippen molar-refractivity contribution in [3.05, 3.63) is 29.3 Å². The minimum Gasteiger partial charge on any atom is -0.233 e. The molecule has 1 aliphatic heterocycles. The first-order chi connectivity index (χ1) is 11.2. The van der Waals surface area contributed by atoms with Crippen LogP contribution in [0.4, 0.5) is 5.69 Å². The molecule has 122 valence electrons. The maximum Gasteiger partial charge on any atom is 0.307 e. The smallest absolute Gasteiger partial charge is 0.233 e. The first kappa shape index (κ1) is 14.2. The number of aryl methyl sites for hydroxylation is 2. The van der Waals surface area contributed by atoms with Crippen LogP contribution in [0.25, 0.3) is 0 Å². The lowest BCUT2D eigenvalue weighted by molar-refractivity contribution is -0.136. The summed E-state index contributed by atoms with van der Waals surface area (Å²) >= 11 is 0. The van der Waals surface area contributed by atoms with Crippen molar-refractivity contribution in [3.8, 4) is 0 Å². The van der Waals surface area contributed by atoms with Gasteiger partial charge in [-0.15, -0.1) is 0 Å². The molecule has 1 aromatic rings. The monoisotopic (exact) mass is 310 g/mol. The van der Waals surface area contributed by atoms with Crippen molar-refractivity contribution in [2.75, 3.05) is 6.54 Å². The highest BCUT2D eigenvalue weighted by Gasteiger charge is 2.63. The van der Waals surface area contributed by atoms with Gasteiger partial charge in [-0.3, -0.25) is 0 Å². The third-order valence-corrected chi connectivity index (χ3v) is 7.71. The minimum atomic E-state index is 0.220. The Kier molecular flexibility index (Phi) is 2.90. The van der Waals surface area contributed by atoms with Crippen LogP contribution < -0.4 is 4.48 Å². The SMILES string of the molecule is Cc1cccc2c1[N+](C=O)(C13CC4CC(CC(C4)C1)C3)CCC2. The lowest BCUT2D eigenvalue weighted by Gasteiger charge is -2.62. The molecule has 0 spiro atoms. The number of rotatable bonds is 2. The lowest BCUT2D eigenvalue weighted by atomic mass is 9.51. The van der Waals surface area contributed by atoms with E-state index in [9.17, 15) is 4.79 Å². The van der Waals surface area contributed by atoms with Gasteiger partial charge in [0.15, 0.2) is 0 Å². The quantitative estimate of drug-likeness (QED) is 0.585. The highest BCUT2D eigenvalue weighted by molar-refractivity contribution is 5.77. The Hall–Kier alpha value is -1.15. The number of quaternary nitrogens is 1. The molecule has 1 aromatic carbocycles. The average molecular weight is 310 g/mol. The van der Waals surface area contributed by atoms with E-state index in [4.69, 9.17) is 0 Å². The van der Waals surface area contributed by atoms with E-state index >= 15 is 0 Å². The van der Waals surface area contributed by atoms with Crippen molar-refractivity contribution in [3.63, 3.8) is 0 Å². The van der Waals surface area contributed by atoms with Gasteiger partial charge in [0.2, 0.25) is 0 Å². The summed E-state index contributed by atoms with van der Waals surface area (Å²) in [7, 11) is 0. The zero-order valence-electron chi connectivity index (χ0n) is 14.3. The number of hydrogen-bond acceptors (Lipinski definition) is 1. The number of fused-ring (bicyclic) bond motifs is 1. The van der Waals surface area contributed by atoms with E-state index in [1.165, 1.54) is 61.7 Å². The molecule has 0 radical (unpaired) electrons. The normalized spacial score (nSPS) is 44.1. The topological polar surface area (TPSA) is 17.1 Å². The van der Waals surface area contributed by atoms with Crippen molar-refractivity contribution in [1.82, 2.24) is 4.48 Å². The van der Waals surface area contributed by atoms with E-state index in [1.54, 1.807) is 0 Å². The van der Waals surface area contributed by atoms with Crippen molar-refractivity contribution >= 4 is 12.1 Å². The number of amides is 1. The van der Waals surface area contributed by atoms with Crippen molar-refractivity contribution in [2.45, 2.75) is 63.8 Å². The van der Waals surface area contributed by atoms with Crippen molar-refractivity contribution in [2.24, 2.45) is 17.8 Å². The third kappa shape index (κ3) is 1.76. The first-order valence-corrected chi connectivity index (χ1v) is 9.59. The molecular weight excluding hydrogens is 282 g/mol. The summed E-state index contributed by atoms with van der Waals surface area (Å²) in [6, 6.07) is 6.68. The number of carbonyl (C=O) groups excluding carboxylic acids is 1. The predicted octanol–water partition coefficient (Wildman–Crippen LogP) is 4.37. The van der Waals surface area contributed by atoms with Crippen molar-refractivity contribution in [1.29, 1.82) is 0 Å². The molecule has 1 atom stereocenters. The van der Waals surface area contributed by atoms with E-state index < -0.39 is 0 Å². The molecule has 1 amide bonds. The van der Waals surface area contributed by atoms with Crippen LogP contribution in [0.1, 0.15) is 56.1 Å². The summed E-state index contributed by atoms with van der Waals surface area (Å²) in [5.41, 5.74) is 4.39. The van der Waals surface area contributed by atoms with Crippen molar-refractivity contribution < 1.29 is 4.79 Å². The van der Waals surface area contributed by atoms with Gasteiger partial charge in [0.1, 0.15) is 11.2 Å². The standard InChI is InChI=1S/C21H28NO/c1-15-4-2-5-19-6-3-7-22(14-23,20(15)19)21-11-16-8-17(12-21)10-18(9-16)13-21/h2,4-5,14,16-18H,3,6-13H2,1H3/q+1. The number of hydrogen-bond donors (Lipinski definition) is 0. The Morgan fingerprint density at radius 3 is 2.35 bits per heavy atom. The molecule has 0 saturated heterocycles. The zero-order valence-corrected chi connectivity index (χ0v) is 14.3. The van der Waals surface area contributed by atoms with Gasteiger partial charge in [0.25, 0.3) is 0 Å². The molecule has 4 bridgehead atoms. The van der Waals surface area contributed by atoms with Crippen LogP contribution in [0.2, 0.25) is 0 Å². The van der Waals surface area contributed by atoms with E-state index in [-0.39, 0.29) is 5.54 Å². The molecule has 0 aromatic heterocycles. The average Bonchev–Trinajstić information content (AvgIpc) is 2.53. The number of benzene rings is 1. The number of nitrogens with zero attached hydrogens (tertiary/aromatic N) is 1. The Morgan fingerprint density at radius 2 is 1.74 bits per heavy atom. The molecule has 6 rings (SSSR count). The Bertz CT molecular complexity index is 629. The highest BCUT2D eigenvalue weighted by atomic mass is 16.1. The fraction of sp³-hybridized carbons (Fsp3) is 0.667. The molecule has 4 fully saturated rings. The van der Waals surface area contributed by atoms with Gasteiger partial charge in [-0.25, -0.2) is 9.28 Å². The lowest BCUT2D eigenvalue weighted by Crippen LogP contribution is -2.72. The molecule has 5 aliphatic rings. The zero-order chi connectivity index (χ0) is 15.7. The maximum absolute atomic E-state index is 12.7. The molecule has 23 heavy (non-hydrogen) atoms. The van der Waals surface area contributed by atoms with E-state index in [0.717, 1.165) is 37.1 Å². The van der Waals surface area contributed by atoms with Gasteiger partial charge in [-0.2, -0.15) is 0 Å². The molecular formula is C21H28NO+. The number of para-hydroxylation sites is 1. The van der Waals surface area contributed by atoms with Crippen LogP contribution in [0.5, 0.6) is 0 Å². The van der Waals surface area contributed by atoms with Crippen LogP contribution in [-0.4, -0.2) is 18.5 Å². The Morgan fingerprint density at radius 1 is 1.09 bits per heavy atom. The molecule has 1 heterocycles. The summed E-state index contributed by atoms with van der Waals surface area (Å²) in [4.78, 5) is 12.7. The molecule has 2 nitrogen and oxygen atoms in total. The van der Waals surface area contributed by atoms with Gasteiger partial charge in [0.05, 0.1) is 6.54 Å². The number of carbonyl (C=O) groups is 1. The second-order valence-electron chi connectivity index (χ2n) is 9.03. The van der Waals surface area contributed by atoms with Crippen LogP contribution in [-0.2, 0) is 11.2 Å². The molecule has 1 unspecified atom stereocenters. The van der Waals surface area contributed by atoms with Gasteiger partial charge >= 0.3 is 6.41 Å². The van der Waals surface area contributed by atoms with Gasteiger partial charge in [-0.1, -0.05) is 18.2 Å². The van der Waals surface area contributed by atoms with Crippen LogP contribution in [0.15, 0.2) is 18.2 Å². The maximum atomic E-state index is 12.7. The van der Waals surface area contributed by atoms with E-state index in [0.29, 0.717) is 4.48 Å². The van der Waals surface area contributed by atoms with Gasteiger partial charge in [0, 0.05) is 36.8 Å². The summed E-state index contributed by atoms with van der Waals surface area (Å²) in [5.74, 6) is 2.68. The Balaban J connectivity index is 1.71. The molecule has 4 saturated carbocycles. The second kappa shape index (κ2) is 4.69. The molecule has 2 heteroatoms. The van der Waals surface area contributed by atoms with Crippen LogP contribution in [0, 0.1) is 24.7 Å². The van der Waals surface area contributed by atoms with E-state index in [1.807, 2.05) is 0 Å². The second-order valence-corrected chi connectivity index (χ2v) is 9.03. The summed E-state index contributed by atoms with van der Waals surface area (Å²) in [5, 5.41) is 0. The van der Waals surface area contributed by atoms with Crippen LogP contribution in [0.3, 0.4) is 0 Å². The molecule has 4 aliphatic carbocycles. The largest absolute Gasteiger partial charge is 0.307 e. The predicted molar refractivity (Wildman–Crippen MR) is 93.1 cm³/mol. The van der Waals surface area contributed by atoms with Gasteiger partial charge < -0.3 is 0 Å².